The molecule has 0 aliphatic heterocycles. The maximum Gasteiger partial charge on any atom is 0.234 e. The van der Waals surface area contributed by atoms with Gasteiger partial charge in [-0.1, -0.05) is 27.7 Å². The van der Waals surface area contributed by atoms with Crippen LogP contribution in [0, 0.1) is 0 Å². The highest BCUT2D eigenvalue weighted by molar-refractivity contribution is 5.78. The van der Waals surface area contributed by atoms with Crippen LogP contribution in [0.15, 0.2) is 0 Å². The van der Waals surface area contributed by atoms with E-state index in [1.54, 1.807) is 0 Å². The van der Waals surface area contributed by atoms with Gasteiger partial charge in [0.2, 0.25) is 5.91 Å². The summed E-state index contributed by atoms with van der Waals surface area (Å²) in [6.45, 7) is 13.1. The molecule has 0 aromatic heterocycles. The SMILES string of the molecule is CCC(C)(C)NC(=O)CNC(CC)(CC)CC. The highest BCUT2D eigenvalue weighted by Crippen LogP contribution is 2.18. The Hall–Kier alpha value is -0.570. The standard InChI is InChI=1S/C14H30N2O/c1-7-13(5,6)16-12(17)11-15-14(8-2,9-3)10-4/h15H,7-11H2,1-6H3,(H,16,17). The van der Waals surface area contributed by atoms with Crippen LogP contribution in [0.4, 0.5) is 0 Å². The molecule has 0 saturated heterocycles. The minimum atomic E-state index is -0.105. The molecule has 3 heteroatoms. The van der Waals surface area contributed by atoms with Crippen molar-refractivity contribution in [1.29, 1.82) is 0 Å². The highest BCUT2D eigenvalue weighted by Gasteiger charge is 2.25. The molecule has 0 atom stereocenters. The summed E-state index contributed by atoms with van der Waals surface area (Å²) in [4.78, 5) is 11.8. The van der Waals surface area contributed by atoms with Gasteiger partial charge in [0.05, 0.1) is 6.54 Å². The van der Waals surface area contributed by atoms with Gasteiger partial charge in [0, 0.05) is 11.1 Å². The molecule has 0 unspecified atom stereocenters. The zero-order valence-corrected chi connectivity index (χ0v) is 12.4. The molecule has 0 aliphatic carbocycles. The average Bonchev–Trinajstić information content (AvgIpc) is 2.31. The van der Waals surface area contributed by atoms with Crippen LogP contribution in [0.5, 0.6) is 0 Å². The molecule has 102 valence electrons. The molecule has 17 heavy (non-hydrogen) atoms. The molecule has 0 rings (SSSR count). The number of nitrogens with one attached hydrogen (secondary N) is 2. The Bertz CT molecular complexity index is 224. The van der Waals surface area contributed by atoms with Crippen molar-refractivity contribution < 1.29 is 4.79 Å². The monoisotopic (exact) mass is 242 g/mol. The number of amides is 1. The van der Waals surface area contributed by atoms with E-state index in [9.17, 15) is 4.79 Å². The van der Waals surface area contributed by atoms with Crippen LogP contribution in [0.2, 0.25) is 0 Å². The molecular formula is C14H30N2O. The van der Waals surface area contributed by atoms with Crippen LogP contribution in [0.25, 0.3) is 0 Å². The maximum absolute atomic E-state index is 11.8. The normalized spacial score (nSPS) is 12.6. The van der Waals surface area contributed by atoms with E-state index in [4.69, 9.17) is 0 Å². The predicted molar refractivity (Wildman–Crippen MR) is 74.1 cm³/mol. The van der Waals surface area contributed by atoms with Gasteiger partial charge in [-0.25, -0.2) is 0 Å². The van der Waals surface area contributed by atoms with Crippen LogP contribution in [0.1, 0.15) is 67.2 Å². The van der Waals surface area contributed by atoms with E-state index in [-0.39, 0.29) is 17.0 Å². The summed E-state index contributed by atoms with van der Waals surface area (Å²) in [5.41, 5.74) is 0.0137. The molecule has 3 nitrogen and oxygen atoms in total. The van der Waals surface area contributed by atoms with Crippen LogP contribution >= 0.6 is 0 Å². The highest BCUT2D eigenvalue weighted by atomic mass is 16.2. The Morgan fingerprint density at radius 1 is 0.941 bits per heavy atom. The van der Waals surface area contributed by atoms with Crippen molar-refractivity contribution in [3.8, 4) is 0 Å². The Morgan fingerprint density at radius 3 is 1.76 bits per heavy atom. The molecule has 0 radical (unpaired) electrons. The van der Waals surface area contributed by atoms with E-state index in [1.807, 2.05) is 0 Å². The number of hydrogen-bond acceptors (Lipinski definition) is 2. The van der Waals surface area contributed by atoms with Crippen LogP contribution in [0.3, 0.4) is 0 Å². The van der Waals surface area contributed by atoms with E-state index in [0.29, 0.717) is 6.54 Å². The fourth-order valence-corrected chi connectivity index (χ4v) is 1.90. The first-order chi connectivity index (χ1) is 7.84. The second-order valence-electron chi connectivity index (χ2n) is 5.48. The average molecular weight is 242 g/mol. The van der Waals surface area contributed by atoms with Gasteiger partial charge >= 0.3 is 0 Å². The zero-order chi connectivity index (χ0) is 13.5. The first-order valence-electron chi connectivity index (χ1n) is 6.90. The van der Waals surface area contributed by atoms with E-state index < -0.39 is 0 Å². The molecule has 0 saturated carbocycles. The first-order valence-corrected chi connectivity index (χ1v) is 6.90. The van der Waals surface area contributed by atoms with Crippen molar-refractivity contribution in [2.75, 3.05) is 6.54 Å². The second-order valence-corrected chi connectivity index (χ2v) is 5.48. The van der Waals surface area contributed by atoms with E-state index in [0.717, 1.165) is 25.7 Å². The topological polar surface area (TPSA) is 41.1 Å². The molecule has 2 N–H and O–H groups in total. The summed E-state index contributed by atoms with van der Waals surface area (Å²) in [6.07, 6.45) is 4.12. The number of carbonyl (C=O) groups is 1. The van der Waals surface area contributed by atoms with Gasteiger partial charge < -0.3 is 10.6 Å². The first kappa shape index (κ1) is 16.4. The van der Waals surface area contributed by atoms with Crippen molar-refractivity contribution in [3.63, 3.8) is 0 Å². The Labute approximate surface area is 107 Å². The Morgan fingerprint density at radius 2 is 1.41 bits per heavy atom. The second kappa shape index (κ2) is 7.00. The third-order valence-electron chi connectivity index (χ3n) is 4.02. The predicted octanol–water partition coefficient (Wildman–Crippen LogP) is 2.85. The zero-order valence-electron chi connectivity index (χ0n) is 12.4. The van der Waals surface area contributed by atoms with Crippen LogP contribution < -0.4 is 10.6 Å². The fourth-order valence-electron chi connectivity index (χ4n) is 1.90. The molecule has 0 aliphatic rings. The largest absolute Gasteiger partial charge is 0.350 e. The number of rotatable bonds is 8. The lowest BCUT2D eigenvalue weighted by Gasteiger charge is -2.32. The quantitative estimate of drug-likeness (QED) is 0.687. The fraction of sp³-hybridized carbons (Fsp3) is 0.929. The molecule has 0 aromatic rings. The van der Waals surface area contributed by atoms with Gasteiger partial charge in [-0.3, -0.25) is 4.79 Å². The minimum absolute atomic E-state index is 0.0941. The molecule has 0 bridgehead atoms. The lowest BCUT2D eigenvalue weighted by atomic mass is 9.90. The van der Waals surface area contributed by atoms with E-state index in [1.165, 1.54) is 0 Å². The summed E-state index contributed by atoms with van der Waals surface area (Å²) >= 11 is 0. The number of carbonyl (C=O) groups excluding carboxylic acids is 1. The lowest BCUT2D eigenvalue weighted by molar-refractivity contribution is -0.122. The molecule has 0 spiro atoms. The third kappa shape index (κ3) is 5.53. The molecular weight excluding hydrogens is 212 g/mol. The summed E-state index contributed by atoms with van der Waals surface area (Å²) in [5, 5.41) is 6.47. The van der Waals surface area contributed by atoms with Crippen LogP contribution in [-0.4, -0.2) is 23.5 Å². The van der Waals surface area contributed by atoms with E-state index in [2.05, 4.69) is 52.2 Å². The summed E-state index contributed by atoms with van der Waals surface area (Å²) in [7, 11) is 0. The summed E-state index contributed by atoms with van der Waals surface area (Å²) < 4.78 is 0. The van der Waals surface area contributed by atoms with Gasteiger partial charge in [-0.15, -0.1) is 0 Å². The van der Waals surface area contributed by atoms with Crippen molar-refractivity contribution in [2.24, 2.45) is 0 Å². The smallest absolute Gasteiger partial charge is 0.234 e. The molecule has 0 fully saturated rings. The van der Waals surface area contributed by atoms with Crippen molar-refractivity contribution >= 4 is 5.91 Å². The minimum Gasteiger partial charge on any atom is -0.350 e. The summed E-state index contributed by atoms with van der Waals surface area (Å²) in [6, 6.07) is 0. The number of hydrogen-bond donors (Lipinski definition) is 2. The van der Waals surface area contributed by atoms with Gasteiger partial charge in [0.15, 0.2) is 0 Å². The van der Waals surface area contributed by atoms with E-state index >= 15 is 0 Å². The Balaban J connectivity index is 4.23. The van der Waals surface area contributed by atoms with Gasteiger partial charge in [-0.05, 0) is 39.5 Å². The van der Waals surface area contributed by atoms with Crippen molar-refractivity contribution in [1.82, 2.24) is 10.6 Å². The molecule has 0 heterocycles. The molecule has 0 aromatic carbocycles. The summed E-state index contributed by atoms with van der Waals surface area (Å²) in [5.74, 6) is 0.0941. The van der Waals surface area contributed by atoms with Gasteiger partial charge in [0.25, 0.3) is 0 Å². The Kier molecular flexibility index (Phi) is 6.76. The van der Waals surface area contributed by atoms with Crippen molar-refractivity contribution in [3.05, 3.63) is 0 Å². The molecule has 1 amide bonds. The van der Waals surface area contributed by atoms with Crippen LogP contribution in [-0.2, 0) is 4.79 Å². The third-order valence-corrected chi connectivity index (χ3v) is 4.02. The van der Waals surface area contributed by atoms with Gasteiger partial charge in [-0.2, -0.15) is 0 Å². The van der Waals surface area contributed by atoms with Crippen molar-refractivity contribution in [2.45, 2.75) is 78.3 Å². The lowest BCUT2D eigenvalue weighted by Crippen LogP contribution is -2.52. The maximum atomic E-state index is 11.8. The van der Waals surface area contributed by atoms with Gasteiger partial charge in [0.1, 0.15) is 0 Å².